The number of sulfonamides is 1. The summed E-state index contributed by atoms with van der Waals surface area (Å²) in [6, 6.07) is 4.81. The summed E-state index contributed by atoms with van der Waals surface area (Å²) in [5.74, 6) is 0. The number of carbonyl (C=O) groups excluding carboxylic acids is 1. The van der Waals surface area contributed by atoms with Crippen LogP contribution < -0.4 is 0 Å². The Morgan fingerprint density at radius 2 is 2.00 bits per heavy atom. The summed E-state index contributed by atoms with van der Waals surface area (Å²) < 4.78 is 31.1. The zero-order valence-electron chi connectivity index (χ0n) is 10.8. The number of carbonyl (C=O) groups is 1. The van der Waals surface area contributed by atoms with Crippen molar-refractivity contribution < 1.29 is 17.9 Å². The maximum Gasteiger partial charge on any atom is 0.424 e. The van der Waals surface area contributed by atoms with Gasteiger partial charge in [-0.15, -0.1) is 0 Å². The van der Waals surface area contributed by atoms with Crippen LogP contribution >= 0.6 is 15.9 Å². The molecule has 0 spiro atoms. The van der Waals surface area contributed by atoms with Gasteiger partial charge in [-0.3, -0.25) is 0 Å². The highest BCUT2D eigenvalue weighted by atomic mass is 79.9. The van der Waals surface area contributed by atoms with Crippen molar-refractivity contribution >= 4 is 32.0 Å². The van der Waals surface area contributed by atoms with E-state index in [1.807, 2.05) is 0 Å². The largest absolute Gasteiger partial charge is 0.443 e. The predicted octanol–water partition coefficient (Wildman–Crippen LogP) is 2.89. The van der Waals surface area contributed by atoms with Gasteiger partial charge in [0.05, 0.1) is 11.4 Å². The molecule has 0 aliphatic carbocycles. The monoisotopic (exact) mass is 347 g/mol. The fraction of sp³-hybridized carbons (Fsp3) is 0.417. The van der Waals surface area contributed by atoms with Crippen LogP contribution in [-0.4, -0.2) is 24.4 Å². The van der Waals surface area contributed by atoms with Crippen LogP contribution in [0.15, 0.2) is 27.6 Å². The predicted molar refractivity (Wildman–Crippen MR) is 73.1 cm³/mol. The van der Waals surface area contributed by atoms with E-state index in [1.54, 1.807) is 32.9 Å². The van der Waals surface area contributed by atoms with Gasteiger partial charge in [0.2, 0.25) is 0 Å². The zero-order chi connectivity index (χ0) is 14.4. The average Bonchev–Trinajstić information content (AvgIpc) is 2.47. The number of benzene rings is 1. The van der Waals surface area contributed by atoms with Gasteiger partial charge in [-0.05, 0) is 44.5 Å². The quantitative estimate of drug-likeness (QED) is 0.723. The summed E-state index contributed by atoms with van der Waals surface area (Å²) in [5, 5.41) is 0. The molecule has 1 heterocycles. The third-order valence-electron chi connectivity index (χ3n) is 2.50. The molecule has 1 aliphatic heterocycles. The SMILES string of the molecule is CC(C)(C)OC(=O)N1Cc2cc(Br)ccc2S1(=O)=O. The van der Waals surface area contributed by atoms with Crippen molar-refractivity contribution in [3.8, 4) is 0 Å². The third-order valence-corrected chi connectivity index (χ3v) is 4.81. The van der Waals surface area contributed by atoms with Crippen LogP contribution in [0.25, 0.3) is 0 Å². The smallest absolute Gasteiger partial charge is 0.424 e. The van der Waals surface area contributed by atoms with Gasteiger partial charge in [0.15, 0.2) is 0 Å². The molecule has 0 unspecified atom stereocenters. The molecule has 0 fully saturated rings. The molecule has 0 radical (unpaired) electrons. The molecule has 1 aromatic carbocycles. The summed E-state index contributed by atoms with van der Waals surface area (Å²) in [4.78, 5) is 12.1. The molecule has 0 saturated heterocycles. The number of halogens is 1. The Kier molecular flexibility index (Phi) is 3.38. The maximum absolute atomic E-state index is 12.2. The number of ether oxygens (including phenoxy) is 1. The van der Waals surface area contributed by atoms with Crippen LogP contribution in [0.5, 0.6) is 0 Å². The molecule has 1 amide bonds. The second-order valence-corrected chi connectivity index (χ2v) is 7.99. The molecular formula is C12H14BrNO4S. The summed E-state index contributed by atoms with van der Waals surface area (Å²) in [5.41, 5.74) is -0.151. The van der Waals surface area contributed by atoms with Crippen molar-refractivity contribution in [2.75, 3.05) is 0 Å². The minimum Gasteiger partial charge on any atom is -0.443 e. The summed E-state index contributed by atoms with van der Waals surface area (Å²) >= 11 is 3.28. The second-order valence-electron chi connectivity index (χ2n) is 5.24. The summed E-state index contributed by atoms with van der Waals surface area (Å²) in [6.07, 6.45) is -0.847. The minimum atomic E-state index is -3.80. The average molecular weight is 348 g/mol. The Morgan fingerprint density at radius 1 is 1.37 bits per heavy atom. The zero-order valence-corrected chi connectivity index (χ0v) is 13.2. The van der Waals surface area contributed by atoms with Gasteiger partial charge < -0.3 is 4.74 Å². The lowest BCUT2D eigenvalue weighted by atomic mass is 10.2. The molecule has 5 nitrogen and oxygen atoms in total. The fourth-order valence-corrected chi connectivity index (χ4v) is 3.64. The highest BCUT2D eigenvalue weighted by Crippen LogP contribution is 2.33. The van der Waals surface area contributed by atoms with Crippen molar-refractivity contribution in [2.45, 2.75) is 37.8 Å². The standard InChI is InChI=1S/C12H14BrNO4S/c1-12(2,3)18-11(15)14-7-8-6-9(13)4-5-10(8)19(14,16)17/h4-6H,7H2,1-3H3. The van der Waals surface area contributed by atoms with Crippen LogP contribution in [0.1, 0.15) is 26.3 Å². The first kappa shape index (κ1) is 14.3. The van der Waals surface area contributed by atoms with E-state index in [-0.39, 0.29) is 11.4 Å². The number of rotatable bonds is 0. The van der Waals surface area contributed by atoms with Gasteiger partial charge >= 0.3 is 6.09 Å². The van der Waals surface area contributed by atoms with Crippen molar-refractivity contribution in [2.24, 2.45) is 0 Å². The number of hydrogen-bond acceptors (Lipinski definition) is 4. The van der Waals surface area contributed by atoms with E-state index in [9.17, 15) is 13.2 Å². The van der Waals surface area contributed by atoms with Crippen LogP contribution in [0.3, 0.4) is 0 Å². The van der Waals surface area contributed by atoms with Crippen LogP contribution in [0, 0.1) is 0 Å². The van der Waals surface area contributed by atoms with E-state index in [4.69, 9.17) is 4.74 Å². The minimum absolute atomic E-state index is 0.00597. The highest BCUT2D eigenvalue weighted by Gasteiger charge is 2.40. The van der Waals surface area contributed by atoms with Gasteiger partial charge in [0, 0.05) is 4.47 Å². The number of hydrogen-bond donors (Lipinski definition) is 0. The normalized spacial score (nSPS) is 17.2. The summed E-state index contributed by atoms with van der Waals surface area (Å²) in [6.45, 7) is 5.08. The lowest BCUT2D eigenvalue weighted by Gasteiger charge is -2.23. The van der Waals surface area contributed by atoms with Crippen molar-refractivity contribution in [1.29, 1.82) is 0 Å². The van der Waals surface area contributed by atoms with Gasteiger partial charge in [-0.1, -0.05) is 15.9 Å². The number of amides is 1. The lowest BCUT2D eigenvalue weighted by molar-refractivity contribution is 0.0388. The highest BCUT2D eigenvalue weighted by molar-refractivity contribution is 9.10. The molecule has 2 rings (SSSR count). The Labute approximate surface area is 120 Å². The first-order valence-electron chi connectivity index (χ1n) is 5.65. The molecule has 0 N–H and O–H groups in total. The Morgan fingerprint density at radius 3 is 2.58 bits per heavy atom. The van der Waals surface area contributed by atoms with E-state index in [2.05, 4.69) is 15.9 Å². The number of fused-ring (bicyclic) bond motifs is 1. The Balaban J connectivity index is 2.36. The van der Waals surface area contributed by atoms with E-state index in [0.717, 1.165) is 8.78 Å². The number of nitrogens with zero attached hydrogens (tertiary/aromatic N) is 1. The second kappa shape index (κ2) is 4.49. The Hall–Kier alpha value is -1.08. The van der Waals surface area contributed by atoms with E-state index < -0.39 is 21.7 Å². The van der Waals surface area contributed by atoms with Gasteiger partial charge in [0.25, 0.3) is 10.0 Å². The van der Waals surface area contributed by atoms with Crippen molar-refractivity contribution in [3.05, 3.63) is 28.2 Å². The molecule has 0 atom stereocenters. The van der Waals surface area contributed by atoms with Crippen LogP contribution in [0.4, 0.5) is 4.79 Å². The molecule has 104 valence electrons. The first-order chi connectivity index (χ1) is 8.61. The summed E-state index contributed by atoms with van der Waals surface area (Å²) in [7, 11) is -3.80. The van der Waals surface area contributed by atoms with Crippen LogP contribution in [0.2, 0.25) is 0 Å². The lowest BCUT2D eigenvalue weighted by Crippen LogP contribution is -2.36. The van der Waals surface area contributed by atoms with E-state index in [1.165, 1.54) is 6.07 Å². The van der Waals surface area contributed by atoms with Crippen LogP contribution in [-0.2, 0) is 21.3 Å². The molecule has 0 bridgehead atoms. The molecular weight excluding hydrogens is 334 g/mol. The van der Waals surface area contributed by atoms with Gasteiger partial charge in [0.1, 0.15) is 5.60 Å². The molecule has 1 aliphatic rings. The topological polar surface area (TPSA) is 63.7 Å². The van der Waals surface area contributed by atoms with Crippen molar-refractivity contribution in [3.63, 3.8) is 0 Å². The molecule has 0 aromatic heterocycles. The van der Waals surface area contributed by atoms with Gasteiger partial charge in [-0.2, -0.15) is 4.31 Å². The maximum atomic E-state index is 12.2. The fourth-order valence-electron chi connectivity index (χ4n) is 1.76. The Bertz CT molecular complexity index is 634. The van der Waals surface area contributed by atoms with E-state index >= 15 is 0 Å². The van der Waals surface area contributed by atoms with E-state index in [0.29, 0.717) is 5.56 Å². The molecule has 7 heteroatoms. The first-order valence-corrected chi connectivity index (χ1v) is 7.89. The van der Waals surface area contributed by atoms with Gasteiger partial charge in [-0.25, -0.2) is 13.2 Å². The molecule has 1 aromatic rings. The molecule has 0 saturated carbocycles. The third kappa shape index (κ3) is 2.76. The molecule has 19 heavy (non-hydrogen) atoms. The van der Waals surface area contributed by atoms with Crippen molar-refractivity contribution in [1.82, 2.24) is 4.31 Å².